The molecule has 2 aromatic heterocycles. The zero-order valence-corrected chi connectivity index (χ0v) is 26.7. The summed E-state index contributed by atoms with van der Waals surface area (Å²) < 4.78 is 29.5. The minimum absolute atomic E-state index is 0.0354. The number of aromatic nitrogens is 4. The topological polar surface area (TPSA) is 118 Å². The lowest BCUT2D eigenvalue weighted by Gasteiger charge is -2.51. The first kappa shape index (κ1) is 29.8. The van der Waals surface area contributed by atoms with Crippen LogP contribution < -0.4 is 0 Å². The van der Waals surface area contributed by atoms with Gasteiger partial charge in [-0.1, -0.05) is 67.0 Å². The molecule has 0 saturated carbocycles. The van der Waals surface area contributed by atoms with Gasteiger partial charge in [0.15, 0.2) is 10.8 Å². The van der Waals surface area contributed by atoms with Crippen molar-refractivity contribution >= 4 is 57.5 Å². The average molecular weight is 606 g/mol. The summed E-state index contributed by atoms with van der Waals surface area (Å²) in [5.41, 5.74) is 1.27. The Morgan fingerprint density at radius 2 is 1.66 bits per heavy atom. The van der Waals surface area contributed by atoms with E-state index in [9.17, 15) is 9.90 Å². The van der Waals surface area contributed by atoms with Crippen molar-refractivity contribution in [2.45, 2.75) is 102 Å². The molecule has 0 radical (unpaired) electrons. The zero-order valence-electron chi connectivity index (χ0n) is 23.1. The number of fused-ring (bicyclic) bond motifs is 2. The van der Waals surface area contributed by atoms with E-state index in [2.05, 4.69) is 70.3 Å². The molecular weight excluding hydrogens is 567 g/mol. The van der Waals surface area contributed by atoms with Crippen LogP contribution in [0.15, 0.2) is 6.33 Å². The Hall–Kier alpha value is -1.13. The van der Waals surface area contributed by atoms with E-state index in [4.69, 9.17) is 40.9 Å². The van der Waals surface area contributed by atoms with Crippen LogP contribution in [-0.4, -0.2) is 66.5 Å². The van der Waals surface area contributed by atoms with Gasteiger partial charge in [0.05, 0.1) is 25.5 Å². The Morgan fingerprint density at radius 1 is 1.05 bits per heavy atom. The van der Waals surface area contributed by atoms with Gasteiger partial charge in [-0.25, -0.2) is 9.97 Å². The first-order valence-corrected chi connectivity index (χ1v) is 17.9. The van der Waals surface area contributed by atoms with Crippen LogP contribution in [0.5, 0.6) is 0 Å². The van der Waals surface area contributed by atoms with Crippen molar-refractivity contribution < 1.29 is 27.6 Å². The Labute approximate surface area is 235 Å². The molecule has 4 heterocycles. The van der Waals surface area contributed by atoms with Gasteiger partial charge in [0.25, 0.3) is 0 Å². The molecule has 0 amide bonds. The molecule has 2 aromatic rings. The van der Waals surface area contributed by atoms with E-state index in [1.807, 2.05) is 0 Å². The van der Waals surface area contributed by atoms with Gasteiger partial charge in [0, 0.05) is 5.92 Å². The largest absolute Gasteiger partial charge is 0.481 e. The number of rotatable bonds is 7. The summed E-state index contributed by atoms with van der Waals surface area (Å²) in [6, 6.07) is 0. The van der Waals surface area contributed by atoms with Gasteiger partial charge in [-0.2, -0.15) is 4.98 Å². The molecule has 4 atom stereocenters. The summed E-state index contributed by atoms with van der Waals surface area (Å²) in [4.78, 5) is 24.8. The third-order valence-electron chi connectivity index (χ3n) is 7.84. The number of aliphatic carboxylic acids is 1. The second-order valence-corrected chi connectivity index (χ2v) is 21.0. The minimum atomic E-state index is -2.97. The van der Waals surface area contributed by atoms with E-state index < -0.39 is 47.4 Å². The monoisotopic (exact) mass is 604 g/mol. The van der Waals surface area contributed by atoms with E-state index in [1.54, 1.807) is 4.57 Å². The fourth-order valence-electron chi connectivity index (χ4n) is 5.96. The smallest absolute Gasteiger partial charge is 0.335 e. The zero-order chi connectivity index (χ0) is 28.2. The van der Waals surface area contributed by atoms with E-state index in [0.29, 0.717) is 11.2 Å². The van der Waals surface area contributed by atoms with Crippen LogP contribution in [0.2, 0.25) is 32.6 Å². The van der Waals surface area contributed by atoms with Crippen molar-refractivity contribution in [3.8, 4) is 0 Å². The predicted molar refractivity (Wildman–Crippen MR) is 149 cm³/mol. The lowest BCUT2D eigenvalue weighted by atomic mass is 9.96. The summed E-state index contributed by atoms with van der Waals surface area (Å²) >= 11 is 12.4. The van der Waals surface area contributed by atoms with Gasteiger partial charge >= 0.3 is 23.1 Å². The van der Waals surface area contributed by atoms with E-state index >= 15 is 0 Å². The predicted octanol–water partition coefficient (Wildman–Crippen LogP) is 6.08. The molecule has 2 saturated heterocycles. The standard InChI is InChI=1S/C24H38Cl2N4O6Si2/c1-12(2)37(13(3)4)33-10-17-20(35-38(36-37,14(5)6)15(7)8)16(9-18(31)32)23(34-17)30-11-27-19-21(25)28-24(26)29-22(19)30/h11-17,20,23H,9-10H2,1-8H3,(H,31,32)/t16-,17-,20+,23-/m1/s1. The highest BCUT2D eigenvalue weighted by Gasteiger charge is 2.62. The molecule has 2 aliphatic rings. The molecule has 10 nitrogen and oxygen atoms in total. The van der Waals surface area contributed by atoms with Gasteiger partial charge in [0.1, 0.15) is 17.8 Å². The number of nitrogens with zero attached hydrogens (tertiary/aromatic N) is 4. The number of hydrogen-bond acceptors (Lipinski definition) is 8. The first-order valence-electron chi connectivity index (χ1n) is 13.2. The Bertz CT molecular complexity index is 1160. The number of carbonyl (C=O) groups is 1. The molecular formula is C24H38Cl2N4O6Si2. The molecule has 0 aromatic carbocycles. The molecule has 0 bridgehead atoms. The van der Waals surface area contributed by atoms with Crippen molar-refractivity contribution in [1.82, 2.24) is 19.5 Å². The van der Waals surface area contributed by atoms with Crippen LogP contribution in [-0.2, 0) is 22.5 Å². The quantitative estimate of drug-likeness (QED) is 0.228. The van der Waals surface area contributed by atoms with Crippen LogP contribution in [0.1, 0.15) is 68.0 Å². The molecule has 2 fully saturated rings. The first-order chi connectivity index (χ1) is 17.7. The minimum Gasteiger partial charge on any atom is -0.481 e. The normalized spacial score (nSPS) is 27.3. The van der Waals surface area contributed by atoms with Crippen molar-refractivity contribution in [2.24, 2.45) is 5.92 Å². The number of halogens is 2. The van der Waals surface area contributed by atoms with E-state index in [1.165, 1.54) is 6.33 Å². The molecule has 4 rings (SSSR count). The number of ether oxygens (including phenoxy) is 1. The van der Waals surface area contributed by atoms with Crippen molar-refractivity contribution in [3.63, 3.8) is 0 Å². The van der Waals surface area contributed by atoms with Crippen LogP contribution in [0, 0.1) is 5.92 Å². The summed E-state index contributed by atoms with van der Waals surface area (Å²) in [5.74, 6) is -1.52. The third kappa shape index (κ3) is 5.07. The SMILES string of the molecule is CC(C)[Si]1(C(C)C)OC[C@H]2O[C@@H](n3cnc4c(Cl)nc(Cl)nc43)[C@H](CC(=O)O)[C@@H]2O[Si](C(C)C)(C(C)C)O1. The van der Waals surface area contributed by atoms with Crippen LogP contribution in [0.4, 0.5) is 0 Å². The highest BCUT2D eigenvalue weighted by atomic mass is 35.5. The van der Waals surface area contributed by atoms with Crippen molar-refractivity contribution in [1.29, 1.82) is 0 Å². The number of carboxylic acid groups (broad SMARTS) is 1. The van der Waals surface area contributed by atoms with Gasteiger partial charge in [-0.15, -0.1) is 0 Å². The highest BCUT2D eigenvalue weighted by Crippen LogP contribution is 2.50. The van der Waals surface area contributed by atoms with Crippen LogP contribution >= 0.6 is 23.2 Å². The van der Waals surface area contributed by atoms with Gasteiger partial charge in [-0.3, -0.25) is 9.36 Å². The molecule has 0 spiro atoms. The van der Waals surface area contributed by atoms with Crippen molar-refractivity contribution in [3.05, 3.63) is 16.8 Å². The van der Waals surface area contributed by atoms with Gasteiger partial charge in [0.2, 0.25) is 5.28 Å². The van der Waals surface area contributed by atoms with E-state index in [-0.39, 0.29) is 45.6 Å². The Kier molecular flexibility index (Phi) is 8.67. The van der Waals surface area contributed by atoms with Gasteiger partial charge < -0.3 is 22.8 Å². The second-order valence-electron chi connectivity index (χ2n) is 11.5. The maximum atomic E-state index is 12.1. The molecule has 38 heavy (non-hydrogen) atoms. The lowest BCUT2D eigenvalue weighted by Crippen LogP contribution is -2.65. The lowest BCUT2D eigenvalue weighted by molar-refractivity contribution is -0.139. The summed E-state index contributed by atoms with van der Waals surface area (Å²) in [7, 11) is -5.75. The average Bonchev–Trinajstić information content (AvgIpc) is 3.34. The number of imidazole rings is 1. The summed E-state index contributed by atoms with van der Waals surface area (Å²) in [6.07, 6.45) is -0.462. The molecule has 14 heteroatoms. The summed E-state index contributed by atoms with van der Waals surface area (Å²) in [5, 5.41) is 10.0. The maximum absolute atomic E-state index is 12.1. The molecule has 1 N–H and O–H groups in total. The maximum Gasteiger partial charge on any atom is 0.335 e. The highest BCUT2D eigenvalue weighted by molar-refractivity contribution is 6.84. The fraction of sp³-hybridized carbons (Fsp3) is 0.750. The summed E-state index contributed by atoms with van der Waals surface area (Å²) in [6.45, 7) is 17.4. The number of carboxylic acids is 1. The van der Waals surface area contributed by atoms with Crippen molar-refractivity contribution in [2.75, 3.05) is 6.61 Å². The molecule has 0 unspecified atom stereocenters. The molecule has 0 aliphatic carbocycles. The number of hydrogen-bond donors (Lipinski definition) is 1. The molecule has 212 valence electrons. The van der Waals surface area contributed by atoms with Crippen LogP contribution in [0.3, 0.4) is 0 Å². The fourth-order valence-corrected chi connectivity index (χ4v) is 17.6. The van der Waals surface area contributed by atoms with Crippen LogP contribution in [0.25, 0.3) is 11.2 Å². The van der Waals surface area contributed by atoms with Gasteiger partial charge in [-0.05, 0) is 33.8 Å². The Morgan fingerprint density at radius 3 is 2.21 bits per heavy atom. The molecule has 2 aliphatic heterocycles. The Balaban J connectivity index is 1.86. The third-order valence-corrected chi connectivity index (χ3v) is 18.5. The van der Waals surface area contributed by atoms with E-state index in [0.717, 1.165) is 0 Å². The second kappa shape index (κ2) is 11.0.